The number of aryl methyl sites for hydroxylation is 1. The second-order valence-electron chi connectivity index (χ2n) is 5.69. The summed E-state index contributed by atoms with van der Waals surface area (Å²) in [6, 6.07) is 6.06. The molecule has 21 heavy (non-hydrogen) atoms. The van der Waals surface area contributed by atoms with Crippen molar-refractivity contribution in [2.24, 2.45) is 0 Å². The summed E-state index contributed by atoms with van der Waals surface area (Å²) in [4.78, 5) is 14.0. The Labute approximate surface area is 125 Å². The van der Waals surface area contributed by atoms with E-state index in [1.165, 1.54) is 0 Å². The van der Waals surface area contributed by atoms with Gasteiger partial charge in [0.15, 0.2) is 0 Å². The van der Waals surface area contributed by atoms with Gasteiger partial charge in [-0.3, -0.25) is 10.1 Å². The van der Waals surface area contributed by atoms with Crippen LogP contribution >= 0.6 is 0 Å². The summed E-state index contributed by atoms with van der Waals surface area (Å²) < 4.78 is 11.0. The van der Waals surface area contributed by atoms with Crippen LogP contribution in [0.25, 0.3) is 0 Å². The van der Waals surface area contributed by atoms with Gasteiger partial charge < -0.3 is 14.4 Å². The van der Waals surface area contributed by atoms with Gasteiger partial charge in [0.2, 0.25) is 5.91 Å². The molecule has 5 heteroatoms. The lowest BCUT2D eigenvalue weighted by Crippen LogP contribution is -2.36. The number of nitrogens with zero attached hydrogens (tertiary/aromatic N) is 1. The third-order valence-corrected chi connectivity index (χ3v) is 4.24. The lowest BCUT2D eigenvalue weighted by molar-refractivity contribution is -0.129. The molecule has 0 saturated carbocycles. The standard InChI is InChI=1S/C16H22N2O3/c1-11-8-12(5-6-14(11)20-2)16-17-9-15(19)18(16)10-13-4-3-7-21-13/h5-6,8,13,16-17H,3-4,7,9-10H2,1-2H3. The van der Waals surface area contributed by atoms with Gasteiger partial charge in [0.1, 0.15) is 11.9 Å². The van der Waals surface area contributed by atoms with Gasteiger partial charge in [0.05, 0.1) is 19.8 Å². The second-order valence-corrected chi connectivity index (χ2v) is 5.69. The maximum Gasteiger partial charge on any atom is 0.238 e. The summed E-state index contributed by atoms with van der Waals surface area (Å²) in [7, 11) is 1.67. The molecule has 0 radical (unpaired) electrons. The van der Waals surface area contributed by atoms with Gasteiger partial charge in [-0.1, -0.05) is 6.07 Å². The summed E-state index contributed by atoms with van der Waals surface area (Å²) in [6.45, 7) is 3.89. The minimum absolute atomic E-state index is 0.0636. The van der Waals surface area contributed by atoms with E-state index in [2.05, 4.69) is 11.4 Å². The molecule has 1 aromatic carbocycles. The Morgan fingerprint density at radius 3 is 3.00 bits per heavy atom. The maximum atomic E-state index is 12.1. The Kier molecular flexibility index (Phi) is 4.12. The van der Waals surface area contributed by atoms with Gasteiger partial charge in [-0.2, -0.15) is 0 Å². The second kappa shape index (κ2) is 6.03. The largest absolute Gasteiger partial charge is 0.496 e. The van der Waals surface area contributed by atoms with Crippen LogP contribution in [-0.2, 0) is 9.53 Å². The molecule has 1 amide bonds. The van der Waals surface area contributed by atoms with Crippen LogP contribution in [0.2, 0.25) is 0 Å². The number of ether oxygens (including phenoxy) is 2. The lowest BCUT2D eigenvalue weighted by atomic mass is 10.1. The van der Waals surface area contributed by atoms with E-state index in [1.54, 1.807) is 7.11 Å². The zero-order valence-electron chi connectivity index (χ0n) is 12.6. The van der Waals surface area contributed by atoms with Crippen molar-refractivity contribution in [2.45, 2.75) is 32.0 Å². The van der Waals surface area contributed by atoms with Crippen LogP contribution < -0.4 is 10.1 Å². The summed E-state index contributed by atoms with van der Waals surface area (Å²) >= 11 is 0. The lowest BCUT2D eigenvalue weighted by Gasteiger charge is -2.27. The molecule has 2 heterocycles. The van der Waals surface area contributed by atoms with Crippen molar-refractivity contribution in [2.75, 3.05) is 26.8 Å². The molecule has 2 aliphatic rings. The smallest absolute Gasteiger partial charge is 0.238 e. The van der Waals surface area contributed by atoms with Crippen LogP contribution in [0, 0.1) is 6.92 Å². The first-order valence-electron chi connectivity index (χ1n) is 7.48. The van der Waals surface area contributed by atoms with Crippen LogP contribution in [0.5, 0.6) is 5.75 Å². The molecule has 2 unspecified atom stereocenters. The molecule has 5 nitrogen and oxygen atoms in total. The fourth-order valence-corrected chi connectivity index (χ4v) is 3.12. The van der Waals surface area contributed by atoms with Crippen molar-refractivity contribution >= 4 is 5.91 Å². The molecular formula is C16H22N2O3. The molecule has 0 aliphatic carbocycles. The van der Waals surface area contributed by atoms with E-state index in [1.807, 2.05) is 24.0 Å². The number of amides is 1. The molecule has 1 N–H and O–H groups in total. The number of carbonyl (C=O) groups excluding carboxylic acids is 1. The van der Waals surface area contributed by atoms with Crippen molar-refractivity contribution in [3.05, 3.63) is 29.3 Å². The average Bonchev–Trinajstić information content (AvgIpc) is 3.11. The topological polar surface area (TPSA) is 50.8 Å². The van der Waals surface area contributed by atoms with Crippen LogP contribution in [-0.4, -0.2) is 43.7 Å². The first-order valence-corrected chi connectivity index (χ1v) is 7.48. The highest BCUT2D eigenvalue weighted by atomic mass is 16.5. The van der Waals surface area contributed by atoms with E-state index in [0.717, 1.165) is 36.3 Å². The Hall–Kier alpha value is -1.59. The fraction of sp³-hybridized carbons (Fsp3) is 0.562. The van der Waals surface area contributed by atoms with Crippen molar-refractivity contribution in [1.29, 1.82) is 0 Å². The summed E-state index contributed by atoms with van der Waals surface area (Å²) in [5, 5.41) is 3.29. The highest BCUT2D eigenvalue weighted by Gasteiger charge is 2.34. The number of carbonyl (C=O) groups is 1. The normalized spacial score (nSPS) is 25.6. The van der Waals surface area contributed by atoms with E-state index in [-0.39, 0.29) is 18.2 Å². The van der Waals surface area contributed by atoms with E-state index in [9.17, 15) is 4.79 Å². The van der Waals surface area contributed by atoms with Crippen LogP contribution in [0.3, 0.4) is 0 Å². The third kappa shape index (κ3) is 2.89. The zero-order chi connectivity index (χ0) is 14.8. The summed E-state index contributed by atoms with van der Waals surface area (Å²) in [5.41, 5.74) is 2.17. The molecule has 2 atom stereocenters. The zero-order valence-corrected chi connectivity index (χ0v) is 12.6. The predicted molar refractivity (Wildman–Crippen MR) is 79.2 cm³/mol. The number of benzene rings is 1. The Morgan fingerprint density at radius 2 is 2.33 bits per heavy atom. The van der Waals surface area contributed by atoms with Gasteiger partial charge in [0.25, 0.3) is 0 Å². The number of hydrogen-bond acceptors (Lipinski definition) is 4. The predicted octanol–water partition coefficient (Wildman–Crippen LogP) is 1.61. The highest BCUT2D eigenvalue weighted by Crippen LogP contribution is 2.28. The average molecular weight is 290 g/mol. The Morgan fingerprint density at radius 1 is 1.48 bits per heavy atom. The third-order valence-electron chi connectivity index (χ3n) is 4.24. The highest BCUT2D eigenvalue weighted by molar-refractivity contribution is 5.81. The van der Waals surface area contributed by atoms with Gasteiger partial charge in [-0.15, -0.1) is 0 Å². The minimum Gasteiger partial charge on any atom is -0.496 e. The molecule has 2 saturated heterocycles. The molecule has 0 bridgehead atoms. The maximum absolute atomic E-state index is 12.1. The van der Waals surface area contributed by atoms with Gasteiger partial charge in [-0.05, 0) is 43.0 Å². The molecule has 1 aromatic rings. The Bertz CT molecular complexity index is 526. The van der Waals surface area contributed by atoms with E-state index in [4.69, 9.17) is 9.47 Å². The number of rotatable bonds is 4. The van der Waals surface area contributed by atoms with E-state index < -0.39 is 0 Å². The van der Waals surface area contributed by atoms with Crippen molar-refractivity contribution in [3.63, 3.8) is 0 Å². The van der Waals surface area contributed by atoms with Gasteiger partial charge in [-0.25, -0.2) is 0 Å². The van der Waals surface area contributed by atoms with Crippen LogP contribution in [0.4, 0.5) is 0 Å². The molecule has 2 aliphatic heterocycles. The quantitative estimate of drug-likeness (QED) is 0.915. The van der Waals surface area contributed by atoms with Crippen molar-refractivity contribution in [3.8, 4) is 5.75 Å². The van der Waals surface area contributed by atoms with Crippen LogP contribution in [0.15, 0.2) is 18.2 Å². The van der Waals surface area contributed by atoms with Crippen molar-refractivity contribution < 1.29 is 14.3 Å². The summed E-state index contributed by atoms with van der Waals surface area (Å²) in [6.07, 6.45) is 2.24. The molecule has 0 aromatic heterocycles. The molecule has 114 valence electrons. The van der Waals surface area contributed by atoms with Gasteiger partial charge >= 0.3 is 0 Å². The number of nitrogens with one attached hydrogen (secondary N) is 1. The first kappa shape index (κ1) is 14.4. The van der Waals surface area contributed by atoms with Crippen LogP contribution in [0.1, 0.15) is 30.1 Å². The SMILES string of the molecule is COc1ccc(C2NCC(=O)N2CC2CCCO2)cc1C. The van der Waals surface area contributed by atoms with Gasteiger partial charge in [0, 0.05) is 13.2 Å². The number of methoxy groups -OCH3 is 1. The van der Waals surface area contributed by atoms with Crippen molar-refractivity contribution in [1.82, 2.24) is 10.2 Å². The minimum atomic E-state index is -0.0636. The summed E-state index contributed by atoms with van der Waals surface area (Å²) in [5.74, 6) is 1.01. The Balaban J connectivity index is 1.78. The number of hydrogen-bond donors (Lipinski definition) is 1. The molecule has 3 rings (SSSR count). The molecule has 0 spiro atoms. The van der Waals surface area contributed by atoms with E-state index in [0.29, 0.717) is 13.1 Å². The first-order chi connectivity index (χ1) is 10.2. The molecule has 2 fully saturated rings. The molecular weight excluding hydrogens is 268 g/mol. The fourth-order valence-electron chi connectivity index (χ4n) is 3.12. The monoisotopic (exact) mass is 290 g/mol. The van der Waals surface area contributed by atoms with E-state index >= 15 is 0 Å².